The van der Waals surface area contributed by atoms with Crippen LogP contribution >= 0.6 is 0 Å². The van der Waals surface area contributed by atoms with E-state index in [0.29, 0.717) is 24.8 Å². The summed E-state index contributed by atoms with van der Waals surface area (Å²) in [5.74, 6) is 1.29. The van der Waals surface area contributed by atoms with Gasteiger partial charge in [-0.25, -0.2) is 9.97 Å². The van der Waals surface area contributed by atoms with E-state index in [1.807, 2.05) is 0 Å². The van der Waals surface area contributed by atoms with Crippen molar-refractivity contribution in [1.29, 1.82) is 0 Å². The van der Waals surface area contributed by atoms with Crippen molar-refractivity contribution in [2.75, 3.05) is 37.0 Å². The second kappa shape index (κ2) is 4.89. The van der Waals surface area contributed by atoms with Crippen molar-refractivity contribution in [3.8, 4) is 0 Å². The number of rotatable bonds is 4. The quantitative estimate of drug-likeness (QED) is 0.741. The normalized spacial score (nSPS) is 14.6. The maximum Gasteiger partial charge on any atom is 0.247 e. The van der Waals surface area contributed by atoms with Gasteiger partial charge in [-0.1, -0.05) is 0 Å². The lowest BCUT2D eigenvalue weighted by Gasteiger charge is -2.27. The fraction of sp³-hybridized carbons (Fsp3) is 0.500. The molecule has 1 aliphatic rings. The largest absolute Gasteiger partial charge is 0.385 e. The molecule has 0 saturated heterocycles. The highest BCUT2D eigenvalue weighted by Crippen LogP contribution is 2.23. The molecule has 2 rings (SSSR count). The monoisotopic (exact) mass is 222 g/mol. The van der Waals surface area contributed by atoms with Crippen LogP contribution in [0.3, 0.4) is 0 Å². The Morgan fingerprint density at radius 2 is 2.31 bits per heavy atom. The summed E-state index contributed by atoms with van der Waals surface area (Å²) in [5.41, 5.74) is 0. The predicted octanol–water partition coefficient (Wildman–Crippen LogP) is 0.272. The third-order valence-corrected chi connectivity index (χ3v) is 2.37. The summed E-state index contributed by atoms with van der Waals surface area (Å²) in [6.45, 7) is 1.52. The summed E-state index contributed by atoms with van der Waals surface area (Å²) >= 11 is 0. The van der Waals surface area contributed by atoms with Crippen LogP contribution in [0.2, 0.25) is 0 Å². The van der Waals surface area contributed by atoms with E-state index in [4.69, 9.17) is 4.74 Å². The van der Waals surface area contributed by atoms with Crippen molar-refractivity contribution in [3.05, 3.63) is 12.4 Å². The van der Waals surface area contributed by atoms with E-state index in [-0.39, 0.29) is 12.5 Å². The zero-order chi connectivity index (χ0) is 11.4. The fourth-order valence-corrected chi connectivity index (χ4v) is 1.62. The number of fused-ring (bicyclic) bond motifs is 1. The Kier molecular flexibility index (Phi) is 3.31. The molecule has 1 amide bonds. The lowest BCUT2D eigenvalue weighted by molar-refractivity contribution is -0.117. The van der Waals surface area contributed by atoms with Gasteiger partial charge in [-0.05, 0) is 6.42 Å². The minimum Gasteiger partial charge on any atom is -0.385 e. The van der Waals surface area contributed by atoms with Crippen LogP contribution in [0, 0.1) is 0 Å². The number of nitrogens with zero attached hydrogens (tertiary/aromatic N) is 3. The molecule has 1 N–H and O–H groups in total. The molecule has 0 fully saturated rings. The minimum atomic E-state index is 0.0177. The van der Waals surface area contributed by atoms with Crippen LogP contribution < -0.4 is 10.2 Å². The molecule has 1 aromatic rings. The van der Waals surface area contributed by atoms with Crippen LogP contribution in [-0.4, -0.2) is 42.7 Å². The van der Waals surface area contributed by atoms with Crippen LogP contribution in [0.4, 0.5) is 11.6 Å². The lowest BCUT2D eigenvalue weighted by Crippen LogP contribution is -2.41. The third kappa shape index (κ3) is 2.11. The van der Waals surface area contributed by atoms with Gasteiger partial charge in [0, 0.05) is 32.7 Å². The second-order valence-electron chi connectivity index (χ2n) is 3.47. The maximum atomic E-state index is 11.7. The SMILES string of the molecule is COCCCN1C(=O)CNc2nccnc21. The molecule has 6 heteroatoms. The van der Waals surface area contributed by atoms with E-state index >= 15 is 0 Å². The number of methoxy groups -OCH3 is 1. The zero-order valence-electron chi connectivity index (χ0n) is 9.14. The number of aromatic nitrogens is 2. The van der Waals surface area contributed by atoms with Crippen LogP contribution in [0.1, 0.15) is 6.42 Å². The van der Waals surface area contributed by atoms with Crippen molar-refractivity contribution >= 4 is 17.5 Å². The molecule has 0 radical (unpaired) electrons. The van der Waals surface area contributed by atoms with E-state index in [1.54, 1.807) is 24.4 Å². The van der Waals surface area contributed by atoms with Gasteiger partial charge in [-0.15, -0.1) is 0 Å². The van der Waals surface area contributed by atoms with Crippen molar-refractivity contribution < 1.29 is 9.53 Å². The van der Waals surface area contributed by atoms with Crippen molar-refractivity contribution in [2.45, 2.75) is 6.42 Å². The van der Waals surface area contributed by atoms with Gasteiger partial charge in [0.15, 0.2) is 11.6 Å². The first-order chi connectivity index (χ1) is 7.83. The van der Waals surface area contributed by atoms with Crippen molar-refractivity contribution in [2.24, 2.45) is 0 Å². The molecule has 16 heavy (non-hydrogen) atoms. The minimum absolute atomic E-state index is 0.0177. The third-order valence-electron chi connectivity index (χ3n) is 2.37. The van der Waals surface area contributed by atoms with Gasteiger partial charge in [-0.3, -0.25) is 9.69 Å². The number of hydrogen-bond donors (Lipinski definition) is 1. The molecule has 86 valence electrons. The molecule has 0 atom stereocenters. The van der Waals surface area contributed by atoms with E-state index in [1.165, 1.54) is 0 Å². The molecule has 6 nitrogen and oxygen atoms in total. The van der Waals surface area contributed by atoms with Gasteiger partial charge >= 0.3 is 0 Å². The summed E-state index contributed by atoms with van der Waals surface area (Å²) in [7, 11) is 1.65. The standard InChI is InChI=1S/C10H14N4O2/c1-16-6-2-5-14-8(15)7-13-9-10(14)12-4-3-11-9/h3-4H,2,5-7H2,1H3,(H,11,13). The topological polar surface area (TPSA) is 67.3 Å². The van der Waals surface area contributed by atoms with Gasteiger partial charge in [0.05, 0.1) is 6.54 Å². The number of ether oxygens (including phenoxy) is 1. The number of carbonyl (C=O) groups is 1. The van der Waals surface area contributed by atoms with E-state index < -0.39 is 0 Å². The Morgan fingerprint density at radius 1 is 1.50 bits per heavy atom. The first kappa shape index (κ1) is 10.8. The first-order valence-corrected chi connectivity index (χ1v) is 5.17. The van der Waals surface area contributed by atoms with Crippen LogP contribution in [-0.2, 0) is 9.53 Å². The summed E-state index contributed by atoms with van der Waals surface area (Å²) in [6.07, 6.45) is 3.98. The van der Waals surface area contributed by atoms with E-state index in [9.17, 15) is 4.79 Å². The molecule has 0 bridgehead atoms. The second-order valence-corrected chi connectivity index (χ2v) is 3.47. The number of carbonyl (C=O) groups excluding carboxylic acids is 1. The Balaban J connectivity index is 2.13. The van der Waals surface area contributed by atoms with Gasteiger partial charge in [0.1, 0.15) is 0 Å². The molecule has 0 spiro atoms. The van der Waals surface area contributed by atoms with Gasteiger partial charge in [0.25, 0.3) is 0 Å². The highest BCUT2D eigenvalue weighted by Gasteiger charge is 2.25. The summed E-state index contributed by atoms with van der Waals surface area (Å²) in [6, 6.07) is 0. The van der Waals surface area contributed by atoms with Crippen LogP contribution in [0.5, 0.6) is 0 Å². The molecule has 0 unspecified atom stereocenters. The average Bonchev–Trinajstić information content (AvgIpc) is 2.32. The van der Waals surface area contributed by atoms with Crippen molar-refractivity contribution in [1.82, 2.24) is 9.97 Å². The molecule has 0 aliphatic carbocycles. The highest BCUT2D eigenvalue weighted by molar-refractivity contribution is 6.00. The number of nitrogens with one attached hydrogen (secondary N) is 1. The molecule has 0 saturated carbocycles. The predicted molar refractivity (Wildman–Crippen MR) is 59.4 cm³/mol. The highest BCUT2D eigenvalue weighted by atomic mass is 16.5. The zero-order valence-corrected chi connectivity index (χ0v) is 9.14. The van der Waals surface area contributed by atoms with Gasteiger partial charge in [0.2, 0.25) is 5.91 Å². The maximum absolute atomic E-state index is 11.7. The Labute approximate surface area is 93.6 Å². The average molecular weight is 222 g/mol. The molecule has 0 aromatic carbocycles. The number of anilines is 2. The summed E-state index contributed by atoms with van der Waals surface area (Å²) in [4.78, 5) is 21.7. The number of hydrogen-bond acceptors (Lipinski definition) is 5. The molecular formula is C10H14N4O2. The smallest absolute Gasteiger partial charge is 0.247 e. The Hall–Kier alpha value is -1.69. The Morgan fingerprint density at radius 3 is 3.12 bits per heavy atom. The lowest BCUT2D eigenvalue weighted by atomic mass is 10.3. The van der Waals surface area contributed by atoms with E-state index in [2.05, 4.69) is 15.3 Å². The number of amides is 1. The first-order valence-electron chi connectivity index (χ1n) is 5.17. The van der Waals surface area contributed by atoms with Crippen LogP contribution in [0.25, 0.3) is 0 Å². The molecular weight excluding hydrogens is 208 g/mol. The van der Waals surface area contributed by atoms with Gasteiger partial charge < -0.3 is 10.1 Å². The van der Waals surface area contributed by atoms with E-state index in [0.717, 1.165) is 6.42 Å². The Bertz CT molecular complexity index is 383. The summed E-state index contributed by atoms with van der Waals surface area (Å²) in [5, 5.41) is 2.94. The van der Waals surface area contributed by atoms with Gasteiger partial charge in [-0.2, -0.15) is 0 Å². The molecule has 1 aliphatic heterocycles. The fourth-order valence-electron chi connectivity index (χ4n) is 1.62. The van der Waals surface area contributed by atoms with Crippen LogP contribution in [0.15, 0.2) is 12.4 Å². The summed E-state index contributed by atoms with van der Waals surface area (Å²) < 4.78 is 4.97. The van der Waals surface area contributed by atoms with Crippen molar-refractivity contribution in [3.63, 3.8) is 0 Å². The molecule has 1 aromatic heterocycles. The molecule has 2 heterocycles.